The summed E-state index contributed by atoms with van der Waals surface area (Å²) in [5, 5.41) is 13.2. The van der Waals surface area contributed by atoms with Gasteiger partial charge in [0.25, 0.3) is 0 Å². The fourth-order valence-electron chi connectivity index (χ4n) is 1.99. The van der Waals surface area contributed by atoms with Crippen molar-refractivity contribution in [3.05, 3.63) is 23.3 Å². The number of hydrogen-bond acceptors (Lipinski definition) is 4. The van der Waals surface area contributed by atoms with Crippen LogP contribution in [0.2, 0.25) is 0 Å². The summed E-state index contributed by atoms with van der Waals surface area (Å²) in [4.78, 5) is 0. The van der Waals surface area contributed by atoms with E-state index in [4.69, 9.17) is 9.47 Å². The smallest absolute Gasteiger partial charge is 0.162 e. The van der Waals surface area contributed by atoms with E-state index in [1.165, 1.54) is 0 Å². The summed E-state index contributed by atoms with van der Waals surface area (Å²) in [5.74, 6) is -0.152. The number of phenolic OH excluding ortho intramolecular Hbond substituents is 1. The van der Waals surface area contributed by atoms with Gasteiger partial charge in [-0.1, -0.05) is 6.07 Å². The number of benzene rings is 1. The molecular weight excluding hydrogens is 230 g/mol. The molecule has 0 atom stereocenters. The molecule has 18 heavy (non-hydrogen) atoms. The Morgan fingerprint density at radius 1 is 1.22 bits per heavy atom. The first-order chi connectivity index (χ1) is 8.39. The van der Waals surface area contributed by atoms with E-state index in [0.29, 0.717) is 19.0 Å². The van der Waals surface area contributed by atoms with Crippen molar-refractivity contribution < 1.29 is 14.6 Å². The Bertz CT molecular complexity index is 433. The third-order valence-corrected chi connectivity index (χ3v) is 3.26. The largest absolute Gasteiger partial charge is 0.507 e. The summed E-state index contributed by atoms with van der Waals surface area (Å²) in [6.45, 7) is 8.81. The second-order valence-electron chi connectivity index (χ2n) is 5.27. The van der Waals surface area contributed by atoms with E-state index < -0.39 is 5.79 Å². The number of aromatic hydroxyl groups is 1. The fourth-order valence-corrected chi connectivity index (χ4v) is 1.99. The van der Waals surface area contributed by atoms with Crippen molar-refractivity contribution in [3.63, 3.8) is 0 Å². The summed E-state index contributed by atoms with van der Waals surface area (Å²) in [7, 11) is 0. The van der Waals surface area contributed by atoms with Gasteiger partial charge in [0.1, 0.15) is 5.75 Å². The van der Waals surface area contributed by atoms with Crippen molar-refractivity contribution in [2.75, 3.05) is 18.5 Å². The predicted molar refractivity (Wildman–Crippen MR) is 71.0 cm³/mol. The number of nitrogens with one attached hydrogen (secondary N) is 1. The lowest BCUT2D eigenvalue weighted by Crippen LogP contribution is -2.45. The molecule has 0 unspecified atom stereocenters. The lowest BCUT2D eigenvalue weighted by atomic mass is 10.1. The van der Waals surface area contributed by atoms with Crippen LogP contribution in [0.25, 0.3) is 0 Å². The lowest BCUT2D eigenvalue weighted by molar-refractivity contribution is -0.247. The molecular formula is C14H21NO3. The highest BCUT2D eigenvalue weighted by molar-refractivity contribution is 5.59. The zero-order valence-electron chi connectivity index (χ0n) is 11.4. The summed E-state index contributed by atoms with van der Waals surface area (Å²) in [5.41, 5.74) is 2.67. The Morgan fingerprint density at radius 2 is 1.83 bits per heavy atom. The van der Waals surface area contributed by atoms with Gasteiger partial charge in [0.15, 0.2) is 5.79 Å². The van der Waals surface area contributed by atoms with Crippen molar-refractivity contribution in [3.8, 4) is 5.75 Å². The molecule has 4 heteroatoms. The molecule has 0 aliphatic carbocycles. The van der Waals surface area contributed by atoms with E-state index in [0.717, 1.165) is 16.8 Å². The third-order valence-electron chi connectivity index (χ3n) is 3.26. The zero-order chi connectivity index (χ0) is 13.3. The van der Waals surface area contributed by atoms with Gasteiger partial charge in [0.05, 0.1) is 19.3 Å². The van der Waals surface area contributed by atoms with E-state index >= 15 is 0 Å². The normalized spacial score (nSPS) is 19.8. The van der Waals surface area contributed by atoms with Crippen LogP contribution in [0.4, 0.5) is 5.69 Å². The number of ether oxygens (including phenoxy) is 2. The molecule has 0 aromatic heterocycles. The molecule has 1 aromatic carbocycles. The minimum Gasteiger partial charge on any atom is -0.507 e. The highest BCUT2D eigenvalue weighted by atomic mass is 16.7. The second-order valence-corrected chi connectivity index (χ2v) is 5.27. The topological polar surface area (TPSA) is 50.7 Å². The monoisotopic (exact) mass is 251 g/mol. The highest BCUT2D eigenvalue weighted by Gasteiger charge is 2.28. The Kier molecular flexibility index (Phi) is 3.50. The van der Waals surface area contributed by atoms with Crippen molar-refractivity contribution in [2.24, 2.45) is 0 Å². The number of rotatable bonds is 2. The quantitative estimate of drug-likeness (QED) is 0.848. The van der Waals surface area contributed by atoms with Crippen LogP contribution in [-0.2, 0) is 9.47 Å². The first-order valence-corrected chi connectivity index (χ1v) is 6.23. The van der Waals surface area contributed by atoms with Gasteiger partial charge >= 0.3 is 0 Å². The van der Waals surface area contributed by atoms with Gasteiger partial charge in [-0.15, -0.1) is 0 Å². The van der Waals surface area contributed by atoms with Crippen LogP contribution in [0.5, 0.6) is 5.75 Å². The molecule has 4 nitrogen and oxygen atoms in total. The molecule has 100 valence electrons. The lowest BCUT2D eigenvalue weighted by Gasteiger charge is -2.35. The second kappa shape index (κ2) is 4.78. The fraction of sp³-hybridized carbons (Fsp3) is 0.571. The summed E-state index contributed by atoms with van der Waals surface area (Å²) in [6, 6.07) is 3.99. The molecule has 2 N–H and O–H groups in total. The van der Waals surface area contributed by atoms with Crippen LogP contribution in [0.15, 0.2) is 12.1 Å². The molecule has 0 bridgehead atoms. The van der Waals surface area contributed by atoms with Gasteiger partial charge in [-0.2, -0.15) is 0 Å². The van der Waals surface area contributed by atoms with Crippen molar-refractivity contribution in [2.45, 2.75) is 39.5 Å². The molecule has 1 aliphatic rings. The van der Waals surface area contributed by atoms with Gasteiger partial charge in [0, 0.05) is 11.3 Å². The third kappa shape index (κ3) is 2.76. The Morgan fingerprint density at radius 3 is 2.44 bits per heavy atom. The van der Waals surface area contributed by atoms with E-state index in [1.54, 1.807) is 0 Å². The molecule has 0 radical (unpaired) electrons. The van der Waals surface area contributed by atoms with Gasteiger partial charge in [0.2, 0.25) is 0 Å². The maximum atomic E-state index is 9.90. The molecule has 2 rings (SSSR count). The molecule has 0 spiro atoms. The summed E-state index contributed by atoms with van der Waals surface area (Å²) >= 11 is 0. The molecule has 1 saturated heterocycles. The maximum absolute atomic E-state index is 9.90. The van der Waals surface area contributed by atoms with Gasteiger partial charge in [-0.05, 0) is 39.3 Å². The van der Waals surface area contributed by atoms with Crippen LogP contribution in [0, 0.1) is 13.8 Å². The van der Waals surface area contributed by atoms with Gasteiger partial charge in [-0.25, -0.2) is 0 Å². The molecule has 1 heterocycles. The van der Waals surface area contributed by atoms with E-state index in [1.807, 2.05) is 39.8 Å². The van der Waals surface area contributed by atoms with Crippen LogP contribution in [0.1, 0.15) is 25.0 Å². The average Bonchev–Trinajstić information content (AvgIpc) is 2.32. The molecule has 1 fully saturated rings. The van der Waals surface area contributed by atoms with Crippen LogP contribution in [0.3, 0.4) is 0 Å². The molecule has 0 saturated carbocycles. The first kappa shape index (κ1) is 13.2. The minimum atomic E-state index is -0.497. The van der Waals surface area contributed by atoms with E-state index in [9.17, 15) is 5.11 Å². The van der Waals surface area contributed by atoms with Crippen molar-refractivity contribution >= 4 is 5.69 Å². The SMILES string of the molecule is Cc1ccc(NC2COC(C)(C)OC2)c(C)c1O. The van der Waals surface area contributed by atoms with Crippen LogP contribution in [-0.4, -0.2) is 30.1 Å². The van der Waals surface area contributed by atoms with Crippen LogP contribution < -0.4 is 5.32 Å². The highest BCUT2D eigenvalue weighted by Crippen LogP contribution is 2.29. The first-order valence-electron chi connectivity index (χ1n) is 6.23. The Labute approximate surface area is 108 Å². The van der Waals surface area contributed by atoms with Gasteiger partial charge in [-0.3, -0.25) is 0 Å². The number of aryl methyl sites for hydroxylation is 1. The summed E-state index contributed by atoms with van der Waals surface area (Å²) < 4.78 is 11.2. The van der Waals surface area contributed by atoms with E-state index in [2.05, 4.69) is 5.32 Å². The van der Waals surface area contributed by atoms with Crippen molar-refractivity contribution in [1.82, 2.24) is 0 Å². The van der Waals surface area contributed by atoms with Crippen LogP contribution >= 0.6 is 0 Å². The predicted octanol–water partition coefficient (Wildman–Crippen LogP) is 2.57. The molecule has 0 amide bonds. The average molecular weight is 251 g/mol. The zero-order valence-corrected chi connectivity index (χ0v) is 11.4. The summed E-state index contributed by atoms with van der Waals surface area (Å²) in [6.07, 6.45) is 0. The molecule has 1 aliphatic heterocycles. The standard InChI is InChI=1S/C14H21NO3/c1-9-5-6-12(10(2)13(9)16)15-11-7-17-14(3,4)18-8-11/h5-6,11,15-16H,7-8H2,1-4H3. The van der Waals surface area contributed by atoms with E-state index in [-0.39, 0.29) is 6.04 Å². The molecule has 1 aromatic rings. The Hall–Kier alpha value is -1.26. The minimum absolute atomic E-state index is 0.110. The number of phenols is 1. The number of hydrogen-bond donors (Lipinski definition) is 2. The Balaban J connectivity index is 2.05. The van der Waals surface area contributed by atoms with Gasteiger partial charge < -0.3 is 19.9 Å². The van der Waals surface area contributed by atoms with Crippen molar-refractivity contribution in [1.29, 1.82) is 0 Å². The maximum Gasteiger partial charge on any atom is 0.162 e. The number of anilines is 1.